The zero-order chi connectivity index (χ0) is 15.4. The molecule has 1 fully saturated rings. The van der Waals surface area contributed by atoms with Gasteiger partial charge in [0.15, 0.2) is 0 Å². The molecule has 0 heterocycles. The van der Waals surface area contributed by atoms with Crippen molar-refractivity contribution in [3.8, 4) is 0 Å². The van der Waals surface area contributed by atoms with Crippen LogP contribution in [-0.4, -0.2) is 20.1 Å². The number of hydrogen-bond donors (Lipinski definition) is 1. The van der Waals surface area contributed by atoms with Crippen LogP contribution >= 0.6 is 15.9 Å². The summed E-state index contributed by atoms with van der Waals surface area (Å²) in [7, 11) is 4.30. The Morgan fingerprint density at radius 1 is 1.29 bits per heavy atom. The van der Waals surface area contributed by atoms with Crippen LogP contribution in [-0.2, 0) is 0 Å². The van der Waals surface area contributed by atoms with Gasteiger partial charge >= 0.3 is 0 Å². The first-order valence-corrected chi connectivity index (χ1v) is 9.05. The van der Waals surface area contributed by atoms with Gasteiger partial charge in [-0.2, -0.15) is 0 Å². The fraction of sp³-hybridized carbons (Fsp3) is 0.667. The quantitative estimate of drug-likeness (QED) is 0.789. The van der Waals surface area contributed by atoms with Gasteiger partial charge in [-0.1, -0.05) is 29.3 Å². The van der Waals surface area contributed by atoms with Gasteiger partial charge in [-0.3, -0.25) is 0 Å². The molecule has 3 heteroatoms. The summed E-state index contributed by atoms with van der Waals surface area (Å²) in [5.41, 5.74) is 2.76. The maximum atomic E-state index is 3.61. The number of nitrogens with zero attached hydrogens (tertiary/aromatic N) is 1. The van der Waals surface area contributed by atoms with Crippen LogP contribution in [0.2, 0.25) is 0 Å². The van der Waals surface area contributed by atoms with Crippen LogP contribution in [0.25, 0.3) is 0 Å². The normalized spacial score (nSPS) is 23.9. The molecule has 1 aliphatic rings. The van der Waals surface area contributed by atoms with Crippen molar-refractivity contribution < 1.29 is 0 Å². The molecule has 0 aliphatic heterocycles. The summed E-state index contributed by atoms with van der Waals surface area (Å²) in [4.78, 5) is 2.52. The molecule has 1 N–H and O–H groups in total. The average Bonchev–Trinajstić information content (AvgIpc) is 2.53. The predicted molar refractivity (Wildman–Crippen MR) is 96.1 cm³/mol. The lowest BCUT2D eigenvalue weighted by molar-refractivity contribution is 0.313. The zero-order valence-electron chi connectivity index (χ0n) is 13.8. The van der Waals surface area contributed by atoms with Gasteiger partial charge in [-0.25, -0.2) is 0 Å². The summed E-state index contributed by atoms with van der Waals surface area (Å²) in [6.45, 7) is 4.56. The standard InChI is InChI=1S/C18H29BrN2/c1-5-14-6-9-16(10-7-14)21(4)18-11-8-15(19)12-17(18)13(2)20-3/h8,11-14,16,20H,5-7,9-10H2,1-4H3. The van der Waals surface area contributed by atoms with Crippen LogP contribution < -0.4 is 10.2 Å². The highest BCUT2D eigenvalue weighted by Crippen LogP contribution is 2.35. The maximum Gasteiger partial charge on any atom is 0.0415 e. The Labute approximate surface area is 138 Å². The zero-order valence-corrected chi connectivity index (χ0v) is 15.4. The number of halogens is 1. The van der Waals surface area contributed by atoms with Gasteiger partial charge < -0.3 is 10.2 Å². The topological polar surface area (TPSA) is 15.3 Å². The largest absolute Gasteiger partial charge is 0.371 e. The third kappa shape index (κ3) is 4.01. The summed E-state index contributed by atoms with van der Waals surface area (Å²) in [5.74, 6) is 0.954. The monoisotopic (exact) mass is 352 g/mol. The fourth-order valence-electron chi connectivity index (χ4n) is 3.49. The number of rotatable bonds is 5. The van der Waals surface area contributed by atoms with Crippen LogP contribution in [0.5, 0.6) is 0 Å². The maximum absolute atomic E-state index is 3.61. The first-order valence-electron chi connectivity index (χ1n) is 8.26. The van der Waals surface area contributed by atoms with E-state index >= 15 is 0 Å². The molecule has 1 aromatic rings. The van der Waals surface area contributed by atoms with Crippen LogP contribution in [0.4, 0.5) is 5.69 Å². The minimum absolute atomic E-state index is 0.368. The molecule has 0 bridgehead atoms. The third-order valence-corrected chi connectivity index (χ3v) is 5.70. The van der Waals surface area contributed by atoms with Crippen molar-refractivity contribution in [2.75, 3.05) is 19.0 Å². The van der Waals surface area contributed by atoms with Crippen LogP contribution in [0.1, 0.15) is 57.6 Å². The van der Waals surface area contributed by atoms with Crippen molar-refractivity contribution in [1.82, 2.24) is 5.32 Å². The van der Waals surface area contributed by atoms with Crippen LogP contribution in [0.15, 0.2) is 22.7 Å². The number of hydrogen-bond acceptors (Lipinski definition) is 2. The van der Waals surface area contributed by atoms with E-state index in [0.29, 0.717) is 12.1 Å². The molecule has 1 saturated carbocycles. The van der Waals surface area contributed by atoms with Crippen molar-refractivity contribution >= 4 is 21.6 Å². The highest BCUT2D eigenvalue weighted by atomic mass is 79.9. The highest BCUT2D eigenvalue weighted by molar-refractivity contribution is 9.10. The van der Waals surface area contributed by atoms with Gasteiger partial charge in [0, 0.05) is 29.3 Å². The molecule has 0 amide bonds. The lowest BCUT2D eigenvalue weighted by Crippen LogP contribution is -2.36. The molecule has 21 heavy (non-hydrogen) atoms. The Morgan fingerprint density at radius 2 is 1.95 bits per heavy atom. The molecule has 0 spiro atoms. The molecule has 1 aliphatic carbocycles. The molecule has 2 rings (SSSR count). The van der Waals surface area contributed by atoms with E-state index in [1.54, 1.807) is 0 Å². The van der Waals surface area contributed by atoms with Gasteiger partial charge in [0.1, 0.15) is 0 Å². The first-order chi connectivity index (χ1) is 10.1. The van der Waals surface area contributed by atoms with Gasteiger partial charge in [-0.05, 0) is 69.3 Å². The Bertz CT molecular complexity index is 453. The van der Waals surface area contributed by atoms with Crippen molar-refractivity contribution in [2.45, 2.75) is 58.0 Å². The van der Waals surface area contributed by atoms with Gasteiger partial charge in [-0.15, -0.1) is 0 Å². The van der Waals surface area contributed by atoms with Gasteiger partial charge in [0.05, 0.1) is 0 Å². The fourth-order valence-corrected chi connectivity index (χ4v) is 3.86. The molecule has 1 aromatic carbocycles. The smallest absolute Gasteiger partial charge is 0.0415 e. The molecule has 0 radical (unpaired) electrons. The third-order valence-electron chi connectivity index (χ3n) is 5.21. The number of nitrogens with one attached hydrogen (secondary N) is 1. The Balaban J connectivity index is 2.17. The van der Waals surface area contributed by atoms with Crippen molar-refractivity contribution in [3.63, 3.8) is 0 Å². The van der Waals surface area contributed by atoms with Gasteiger partial charge in [0.2, 0.25) is 0 Å². The number of benzene rings is 1. The minimum Gasteiger partial charge on any atom is -0.371 e. The lowest BCUT2D eigenvalue weighted by Gasteiger charge is -2.37. The molecular formula is C18H29BrN2. The summed E-state index contributed by atoms with van der Waals surface area (Å²) in [5, 5.41) is 3.38. The van der Waals surface area contributed by atoms with Crippen LogP contribution in [0, 0.1) is 5.92 Å². The van der Waals surface area contributed by atoms with E-state index in [2.05, 4.69) is 65.2 Å². The second-order valence-electron chi connectivity index (χ2n) is 6.41. The highest BCUT2D eigenvalue weighted by Gasteiger charge is 2.25. The second-order valence-corrected chi connectivity index (χ2v) is 7.32. The summed E-state index contributed by atoms with van der Waals surface area (Å²) in [6, 6.07) is 7.74. The molecule has 1 unspecified atom stereocenters. The van der Waals surface area contributed by atoms with E-state index in [4.69, 9.17) is 0 Å². The van der Waals surface area contributed by atoms with Crippen molar-refractivity contribution in [2.24, 2.45) is 5.92 Å². The van der Waals surface area contributed by atoms with E-state index in [1.165, 1.54) is 43.4 Å². The molecular weight excluding hydrogens is 324 g/mol. The Morgan fingerprint density at radius 3 is 2.52 bits per heavy atom. The molecule has 1 atom stereocenters. The van der Waals surface area contributed by atoms with Crippen molar-refractivity contribution in [1.29, 1.82) is 0 Å². The Kier molecular flexibility index (Phi) is 6.12. The van der Waals surface area contributed by atoms with E-state index in [-0.39, 0.29) is 0 Å². The van der Waals surface area contributed by atoms with E-state index in [1.807, 2.05) is 7.05 Å². The summed E-state index contributed by atoms with van der Waals surface area (Å²) >= 11 is 3.61. The van der Waals surface area contributed by atoms with Gasteiger partial charge in [0.25, 0.3) is 0 Å². The predicted octanol–water partition coefficient (Wildman–Crippen LogP) is 5.13. The summed E-state index contributed by atoms with van der Waals surface area (Å²) < 4.78 is 1.16. The van der Waals surface area contributed by atoms with E-state index in [9.17, 15) is 0 Å². The minimum atomic E-state index is 0.368. The molecule has 0 saturated heterocycles. The molecule has 118 valence electrons. The van der Waals surface area contributed by atoms with Crippen LogP contribution in [0.3, 0.4) is 0 Å². The van der Waals surface area contributed by atoms with Crippen molar-refractivity contribution in [3.05, 3.63) is 28.2 Å². The average molecular weight is 353 g/mol. The number of anilines is 1. The Hall–Kier alpha value is -0.540. The second kappa shape index (κ2) is 7.64. The van der Waals surface area contributed by atoms with E-state index in [0.717, 1.165) is 10.4 Å². The lowest BCUT2D eigenvalue weighted by atomic mass is 9.84. The molecule has 2 nitrogen and oxygen atoms in total. The summed E-state index contributed by atoms with van der Waals surface area (Å²) in [6.07, 6.45) is 6.78. The molecule has 0 aromatic heterocycles. The SMILES string of the molecule is CCC1CCC(N(C)c2ccc(Br)cc2C(C)NC)CC1. The van der Waals surface area contributed by atoms with E-state index < -0.39 is 0 Å². The first kappa shape index (κ1) is 16.8.